The van der Waals surface area contributed by atoms with Crippen LogP contribution in [-0.4, -0.2) is 38.3 Å². The van der Waals surface area contributed by atoms with Crippen molar-refractivity contribution in [1.29, 1.82) is 0 Å². The van der Waals surface area contributed by atoms with Crippen molar-refractivity contribution in [3.05, 3.63) is 12.2 Å². The summed E-state index contributed by atoms with van der Waals surface area (Å²) >= 11 is 0. The topological polar surface area (TPSA) is 120 Å². The van der Waals surface area contributed by atoms with E-state index in [9.17, 15) is 9.59 Å². The number of H-pyrrole nitrogens is 1. The van der Waals surface area contributed by atoms with Crippen molar-refractivity contribution >= 4 is 12.0 Å². The molecular weight excluding hydrogens is 238 g/mol. The Balaban J connectivity index is 2.44. The fourth-order valence-corrected chi connectivity index (χ4v) is 1.28. The number of aromatic nitrogens is 3. The maximum atomic E-state index is 11.6. The number of amides is 2. The highest BCUT2D eigenvalue weighted by Crippen LogP contribution is 2.05. The van der Waals surface area contributed by atoms with E-state index in [0.29, 0.717) is 5.82 Å². The highest BCUT2D eigenvalue weighted by molar-refractivity contribution is 5.76. The summed E-state index contributed by atoms with van der Waals surface area (Å²) in [7, 11) is 0. The van der Waals surface area contributed by atoms with Crippen LogP contribution in [0, 0.1) is 5.92 Å². The van der Waals surface area contributed by atoms with Crippen molar-refractivity contribution in [3.8, 4) is 0 Å². The lowest BCUT2D eigenvalue weighted by Gasteiger charge is -2.19. The molecular formula is C10H17N5O3. The molecule has 0 bridgehead atoms. The molecule has 1 heterocycles. The van der Waals surface area contributed by atoms with Crippen molar-refractivity contribution < 1.29 is 14.7 Å². The predicted molar refractivity (Wildman–Crippen MR) is 62.7 cm³/mol. The zero-order valence-electron chi connectivity index (χ0n) is 10.5. The summed E-state index contributed by atoms with van der Waals surface area (Å²) in [6, 6.07) is -1.25. The van der Waals surface area contributed by atoms with Crippen molar-refractivity contribution in [1.82, 2.24) is 25.8 Å². The fourth-order valence-electron chi connectivity index (χ4n) is 1.28. The number of carboxylic acids is 1. The van der Waals surface area contributed by atoms with Gasteiger partial charge in [0.25, 0.3) is 0 Å². The average Bonchev–Trinajstić information content (AvgIpc) is 2.80. The van der Waals surface area contributed by atoms with Crippen LogP contribution in [0.5, 0.6) is 0 Å². The van der Waals surface area contributed by atoms with Crippen LogP contribution < -0.4 is 10.6 Å². The normalized spacial score (nSPS) is 15.5. The minimum atomic E-state index is -0.953. The second-order valence-electron chi connectivity index (χ2n) is 4.13. The molecule has 1 aromatic heterocycles. The largest absolute Gasteiger partial charge is 0.481 e. The van der Waals surface area contributed by atoms with E-state index in [1.807, 2.05) is 0 Å². The van der Waals surface area contributed by atoms with E-state index < -0.39 is 24.0 Å². The van der Waals surface area contributed by atoms with Gasteiger partial charge < -0.3 is 15.7 Å². The Morgan fingerprint density at radius 2 is 2.00 bits per heavy atom. The first-order chi connectivity index (χ1) is 8.41. The molecule has 0 saturated heterocycles. The highest BCUT2D eigenvalue weighted by atomic mass is 16.4. The lowest BCUT2D eigenvalue weighted by Crippen LogP contribution is -2.46. The average molecular weight is 255 g/mol. The van der Waals surface area contributed by atoms with Gasteiger partial charge in [0.2, 0.25) is 0 Å². The maximum absolute atomic E-state index is 11.6. The van der Waals surface area contributed by atoms with Crippen molar-refractivity contribution in [2.24, 2.45) is 5.92 Å². The second kappa shape index (κ2) is 5.99. The fraction of sp³-hybridized carbons (Fsp3) is 0.600. The highest BCUT2D eigenvalue weighted by Gasteiger charge is 2.21. The van der Waals surface area contributed by atoms with Crippen LogP contribution in [0.4, 0.5) is 4.79 Å². The molecule has 0 aliphatic carbocycles. The van der Waals surface area contributed by atoms with Crippen LogP contribution >= 0.6 is 0 Å². The zero-order chi connectivity index (χ0) is 13.7. The number of hydrogen-bond acceptors (Lipinski definition) is 4. The lowest BCUT2D eigenvalue weighted by molar-refractivity contribution is -0.141. The molecule has 2 amide bonds. The third kappa shape index (κ3) is 3.72. The van der Waals surface area contributed by atoms with Crippen molar-refractivity contribution in [2.45, 2.75) is 32.9 Å². The molecule has 4 N–H and O–H groups in total. The molecule has 0 spiro atoms. The number of hydrogen-bond donors (Lipinski definition) is 4. The van der Waals surface area contributed by atoms with E-state index in [1.165, 1.54) is 13.3 Å². The summed E-state index contributed by atoms with van der Waals surface area (Å²) in [5.41, 5.74) is 0. The number of carbonyl (C=O) groups is 2. The summed E-state index contributed by atoms with van der Waals surface area (Å²) in [5.74, 6) is -1.08. The van der Waals surface area contributed by atoms with Crippen molar-refractivity contribution in [2.75, 3.05) is 0 Å². The third-order valence-corrected chi connectivity index (χ3v) is 2.69. The number of carboxylic acid groups (broad SMARTS) is 1. The Morgan fingerprint density at radius 1 is 1.33 bits per heavy atom. The maximum Gasteiger partial charge on any atom is 0.315 e. The molecule has 0 aliphatic rings. The molecule has 1 rings (SSSR count). The Bertz CT molecular complexity index is 406. The van der Waals surface area contributed by atoms with Crippen LogP contribution in [0.15, 0.2) is 6.33 Å². The first-order valence-corrected chi connectivity index (χ1v) is 5.57. The summed E-state index contributed by atoms with van der Waals surface area (Å²) in [4.78, 5) is 26.3. The molecule has 100 valence electrons. The van der Waals surface area contributed by atoms with Gasteiger partial charge >= 0.3 is 12.0 Å². The van der Waals surface area contributed by atoms with Gasteiger partial charge in [-0.05, 0) is 20.8 Å². The van der Waals surface area contributed by atoms with Gasteiger partial charge in [-0.2, -0.15) is 5.10 Å². The molecule has 3 atom stereocenters. The van der Waals surface area contributed by atoms with Gasteiger partial charge in [0.15, 0.2) is 0 Å². The molecule has 1 aromatic rings. The van der Waals surface area contributed by atoms with Crippen molar-refractivity contribution in [3.63, 3.8) is 0 Å². The standard InChI is InChI=1S/C10H17N5O3/c1-5(9(16)17)6(2)13-10(18)14-7(3)8-11-4-12-15-8/h4-7H,1-3H3,(H,16,17)(H,11,12,15)(H2,13,14,18). The molecule has 0 saturated carbocycles. The summed E-state index contributed by atoms with van der Waals surface area (Å²) in [6.07, 6.45) is 1.35. The Kier molecular flexibility index (Phi) is 4.64. The molecule has 0 radical (unpaired) electrons. The smallest absolute Gasteiger partial charge is 0.315 e. The summed E-state index contributed by atoms with van der Waals surface area (Å²) in [6.45, 7) is 4.91. The number of nitrogens with zero attached hydrogens (tertiary/aromatic N) is 2. The van der Waals surface area contributed by atoms with E-state index >= 15 is 0 Å². The number of aliphatic carboxylic acids is 1. The van der Waals surface area contributed by atoms with E-state index in [-0.39, 0.29) is 6.04 Å². The zero-order valence-corrected chi connectivity index (χ0v) is 10.5. The minimum absolute atomic E-state index is 0.333. The summed E-state index contributed by atoms with van der Waals surface area (Å²) < 4.78 is 0. The molecule has 3 unspecified atom stereocenters. The molecule has 8 heteroatoms. The predicted octanol–water partition coefficient (Wildman–Crippen LogP) is 0.274. The van der Waals surface area contributed by atoms with E-state index in [1.54, 1.807) is 13.8 Å². The molecule has 0 fully saturated rings. The van der Waals surface area contributed by atoms with Crippen LogP contribution in [0.2, 0.25) is 0 Å². The van der Waals surface area contributed by atoms with E-state index in [2.05, 4.69) is 25.8 Å². The van der Waals surface area contributed by atoms with Gasteiger partial charge in [0.05, 0.1) is 12.0 Å². The lowest BCUT2D eigenvalue weighted by atomic mass is 10.0. The van der Waals surface area contributed by atoms with Crippen LogP contribution in [-0.2, 0) is 4.79 Å². The SMILES string of the molecule is CC(NC(=O)NC(C)C(C)C(=O)O)c1ncn[nH]1. The van der Waals surface area contributed by atoms with Gasteiger partial charge in [0.1, 0.15) is 12.2 Å². The summed E-state index contributed by atoms with van der Waals surface area (Å²) in [5, 5.41) is 20.3. The Morgan fingerprint density at radius 3 is 2.50 bits per heavy atom. The molecule has 18 heavy (non-hydrogen) atoms. The number of nitrogens with one attached hydrogen (secondary N) is 3. The van der Waals surface area contributed by atoms with Crippen LogP contribution in [0.25, 0.3) is 0 Å². The first kappa shape index (κ1) is 13.9. The van der Waals surface area contributed by atoms with Crippen LogP contribution in [0.1, 0.15) is 32.6 Å². The first-order valence-electron chi connectivity index (χ1n) is 5.57. The Hall–Kier alpha value is -2.12. The Labute approximate surface area is 104 Å². The number of carbonyl (C=O) groups excluding carboxylic acids is 1. The number of aromatic amines is 1. The quantitative estimate of drug-likeness (QED) is 0.602. The number of rotatable bonds is 5. The third-order valence-electron chi connectivity index (χ3n) is 2.69. The number of urea groups is 1. The molecule has 0 aromatic carbocycles. The minimum Gasteiger partial charge on any atom is -0.481 e. The van der Waals surface area contributed by atoms with Gasteiger partial charge in [-0.15, -0.1) is 0 Å². The molecule has 0 aliphatic heterocycles. The van der Waals surface area contributed by atoms with Crippen LogP contribution in [0.3, 0.4) is 0 Å². The van der Waals surface area contributed by atoms with Gasteiger partial charge in [0, 0.05) is 6.04 Å². The monoisotopic (exact) mass is 255 g/mol. The van der Waals surface area contributed by atoms with Gasteiger partial charge in [-0.3, -0.25) is 9.89 Å². The van der Waals surface area contributed by atoms with E-state index in [0.717, 1.165) is 0 Å². The van der Waals surface area contributed by atoms with E-state index in [4.69, 9.17) is 5.11 Å². The molecule has 8 nitrogen and oxygen atoms in total. The van der Waals surface area contributed by atoms with Gasteiger partial charge in [-0.25, -0.2) is 9.78 Å². The second-order valence-corrected chi connectivity index (χ2v) is 4.13. The van der Waals surface area contributed by atoms with Gasteiger partial charge in [-0.1, -0.05) is 0 Å².